The van der Waals surface area contributed by atoms with E-state index in [-0.39, 0.29) is 10.8 Å². The van der Waals surface area contributed by atoms with Crippen molar-refractivity contribution < 1.29 is 0 Å². The van der Waals surface area contributed by atoms with E-state index in [1.54, 1.807) is 0 Å². The van der Waals surface area contributed by atoms with Gasteiger partial charge in [0.1, 0.15) is 0 Å². The minimum atomic E-state index is -0.0356. The number of nitriles is 1. The first-order valence-electron chi connectivity index (χ1n) is 4.72. The summed E-state index contributed by atoms with van der Waals surface area (Å²) in [5, 5.41) is 9.09. The molecule has 1 nitrogen and oxygen atoms in total. The maximum atomic E-state index is 9.09. The highest BCUT2D eigenvalue weighted by Gasteiger charge is 2.24. The van der Waals surface area contributed by atoms with Crippen molar-refractivity contribution >= 4 is 0 Å². The Kier molecular flexibility index (Phi) is 3.33. The molecule has 0 amide bonds. The van der Waals surface area contributed by atoms with E-state index in [4.69, 9.17) is 5.26 Å². The Balaban J connectivity index is 5.33. The Morgan fingerprint density at radius 1 is 0.923 bits per heavy atom. The summed E-state index contributed by atoms with van der Waals surface area (Å²) < 4.78 is 0. The van der Waals surface area contributed by atoms with E-state index in [0.29, 0.717) is 0 Å². The predicted molar refractivity (Wildman–Crippen MR) is 57.2 cm³/mol. The molecule has 0 radical (unpaired) electrons. The molecule has 0 heterocycles. The molecule has 1 heteroatoms. The molecule has 0 rings (SSSR count). The molecule has 13 heavy (non-hydrogen) atoms. The van der Waals surface area contributed by atoms with Crippen molar-refractivity contribution in [3.8, 4) is 6.07 Å². The fraction of sp³-hybridized carbons (Fsp3) is 0.750. The van der Waals surface area contributed by atoms with Crippen molar-refractivity contribution in [1.82, 2.24) is 0 Å². The lowest BCUT2D eigenvalue weighted by atomic mass is 9.76. The molecule has 0 spiro atoms. The highest BCUT2D eigenvalue weighted by atomic mass is 14.3. The monoisotopic (exact) mass is 179 g/mol. The van der Waals surface area contributed by atoms with Gasteiger partial charge in [-0.3, -0.25) is 0 Å². The highest BCUT2D eigenvalue weighted by molar-refractivity contribution is 5.34. The summed E-state index contributed by atoms with van der Waals surface area (Å²) >= 11 is 0. The summed E-state index contributed by atoms with van der Waals surface area (Å²) in [6, 6.07) is 2.33. The lowest BCUT2D eigenvalue weighted by molar-refractivity contribution is 0.456. The van der Waals surface area contributed by atoms with Crippen molar-refractivity contribution in [2.24, 2.45) is 10.8 Å². The van der Waals surface area contributed by atoms with Crippen molar-refractivity contribution in [2.45, 2.75) is 48.5 Å². The van der Waals surface area contributed by atoms with E-state index in [2.05, 4.69) is 54.5 Å². The Bertz CT molecular complexity index is 250. The number of hydrogen-bond acceptors (Lipinski definition) is 1. The largest absolute Gasteiger partial charge is 0.193 e. The molecule has 0 unspecified atom stereocenters. The standard InChI is InChI=1S/C12H21N/c1-9(11(2,3)4)10(8-13)12(5,6)7/h1-7H3/b10-9-. The van der Waals surface area contributed by atoms with Gasteiger partial charge in [-0.2, -0.15) is 5.26 Å². The van der Waals surface area contributed by atoms with E-state index in [1.165, 1.54) is 5.57 Å². The number of nitrogens with zero attached hydrogens (tertiary/aromatic N) is 1. The first-order valence-corrected chi connectivity index (χ1v) is 4.72. The van der Waals surface area contributed by atoms with Crippen LogP contribution in [0.3, 0.4) is 0 Å². The molecule has 0 fully saturated rings. The average Bonchev–Trinajstić information content (AvgIpc) is 1.83. The minimum absolute atomic E-state index is 0.0356. The second-order valence-corrected chi connectivity index (χ2v) is 5.61. The van der Waals surface area contributed by atoms with Gasteiger partial charge in [-0.05, 0) is 17.8 Å². The Morgan fingerprint density at radius 2 is 1.31 bits per heavy atom. The van der Waals surface area contributed by atoms with Crippen LogP contribution in [-0.4, -0.2) is 0 Å². The van der Waals surface area contributed by atoms with Crippen molar-refractivity contribution in [3.63, 3.8) is 0 Å². The summed E-state index contributed by atoms with van der Waals surface area (Å²) in [7, 11) is 0. The molecular formula is C12H21N. The van der Waals surface area contributed by atoms with Crippen molar-refractivity contribution in [3.05, 3.63) is 11.1 Å². The molecule has 0 aliphatic heterocycles. The molecular weight excluding hydrogens is 158 g/mol. The molecule has 0 aliphatic rings. The summed E-state index contributed by atoms with van der Waals surface area (Å²) in [4.78, 5) is 0. The van der Waals surface area contributed by atoms with E-state index < -0.39 is 0 Å². The quantitative estimate of drug-likeness (QED) is 0.517. The maximum Gasteiger partial charge on any atom is 0.0952 e. The normalized spacial score (nSPS) is 14.9. The van der Waals surface area contributed by atoms with Gasteiger partial charge in [0.05, 0.1) is 6.07 Å². The molecule has 0 aromatic carbocycles. The van der Waals surface area contributed by atoms with Crippen LogP contribution >= 0.6 is 0 Å². The molecule has 0 aromatic heterocycles. The van der Waals surface area contributed by atoms with Crippen LogP contribution in [0.15, 0.2) is 11.1 Å². The SMILES string of the molecule is C/C(=C(\C#N)C(C)(C)C)C(C)(C)C. The van der Waals surface area contributed by atoms with Gasteiger partial charge in [0, 0.05) is 5.57 Å². The molecule has 0 atom stereocenters. The van der Waals surface area contributed by atoms with E-state index in [9.17, 15) is 0 Å². The summed E-state index contributed by atoms with van der Waals surface area (Å²) in [5.74, 6) is 0. The zero-order chi connectivity index (χ0) is 10.9. The van der Waals surface area contributed by atoms with Gasteiger partial charge in [0.15, 0.2) is 0 Å². The highest BCUT2D eigenvalue weighted by Crippen LogP contribution is 2.35. The van der Waals surface area contributed by atoms with Crippen LogP contribution in [0, 0.1) is 22.2 Å². The summed E-state index contributed by atoms with van der Waals surface area (Å²) in [6.45, 7) is 14.7. The lowest BCUT2D eigenvalue weighted by Crippen LogP contribution is -2.17. The van der Waals surface area contributed by atoms with Crippen molar-refractivity contribution in [2.75, 3.05) is 0 Å². The van der Waals surface area contributed by atoms with Crippen LogP contribution in [0.5, 0.6) is 0 Å². The van der Waals surface area contributed by atoms with E-state index in [1.807, 2.05) is 0 Å². The second-order valence-electron chi connectivity index (χ2n) is 5.61. The van der Waals surface area contributed by atoms with Crippen LogP contribution in [0.4, 0.5) is 0 Å². The summed E-state index contributed by atoms with van der Waals surface area (Å²) in [5.41, 5.74) is 2.17. The molecule has 0 N–H and O–H groups in total. The predicted octanol–water partition coefficient (Wildman–Crippen LogP) is 3.92. The van der Waals surface area contributed by atoms with Gasteiger partial charge < -0.3 is 0 Å². The van der Waals surface area contributed by atoms with Gasteiger partial charge in [0.2, 0.25) is 0 Å². The molecule has 0 saturated heterocycles. The minimum Gasteiger partial charge on any atom is -0.193 e. The average molecular weight is 179 g/mol. The van der Waals surface area contributed by atoms with Gasteiger partial charge in [-0.15, -0.1) is 0 Å². The van der Waals surface area contributed by atoms with E-state index >= 15 is 0 Å². The van der Waals surface area contributed by atoms with Crippen molar-refractivity contribution in [1.29, 1.82) is 5.26 Å². The number of hydrogen-bond donors (Lipinski definition) is 0. The fourth-order valence-electron chi connectivity index (χ4n) is 1.19. The molecule has 0 aliphatic carbocycles. The van der Waals surface area contributed by atoms with E-state index in [0.717, 1.165) is 5.57 Å². The number of rotatable bonds is 0. The third kappa shape index (κ3) is 3.22. The Labute approximate surface area is 82.5 Å². The van der Waals surface area contributed by atoms with Crippen LogP contribution in [-0.2, 0) is 0 Å². The lowest BCUT2D eigenvalue weighted by Gasteiger charge is -2.27. The van der Waals surface area contributed by atoms with Gasteiger partial charge in [0.25, 0.3) is 0 Å². The third-order valence-electron chi connectivity index (χ3n) is 2.36. The molecule has 0 bridgehead atoms. The van der Waals surface area contributed by atoms with Gasteiger partial charge >= 0.3 is 0 Å². The Hall–Kier alpha value is -0.770. The molecule has 74 valence electrons. The van der Waals surface area contributed by atoms with Crippen LogP contribution in [0.2, 0.25) is 0 Å². The second kappa shape index (κ2) is 3.54. The fourth-order valence-corrected chi connectivity index (χ4v) is 1.19. The first kappa shape index (κ1) is 12.2. The third-order valence-corrected chi connectivity index (χ3v) is 2.36. The zero-order valence-electron chi connectivity index (χ0n) is 9.95. The van der Waals surface area contributed by atoms with Gasteiger partial charge in [-0.25, -0.2) is 0 Å². The topological polar surface area (TPSA) is 23.8 Å². The molecule has 0 saturated carbocycles. The van der Waals surface area contributed by atoms with Crippen LogP contribution in [0.25, 0.3) is 0 Å². The molecule has 0 aromatic rings. The maximum absolute atomic E-state index is 9.09. The smallest absolute Gasteiger partial charge is 0.0952 e. The van der Waals surface area contributed by atoms with Crippen LogP contribution in [0.1, 0.15) is 48.5 Å². The first-order chi connectivity index (χ1) is 5.60. The number of allylic oxidation sites excluding steroid dienone is 2. The van der Waals surface area contributed by atoms with Gasteiger partial charge in [-0.1, -0.05) is 47.1 Å². The zero-order valence-corrected chi connectivity index (χ0v) is 9.95. The Morgan fingerprint density at radius 3 is 1.38 bits per heavy atom. The van der Waals surface area contributed by atoms with Crippen LogP contribution < -0.4 is 0 Å². The summed E-state index contributed by atoms with van der Waals surface area (Å²) in [6.07, 6.45) is 0.